The maximum Gasteiger partial charge on any atom is 0.0821 e. The lowest BCUT2D eigenvalue weighted by Gasteiger charge is -2.29. The Morgan fingerprint density at radius 2 is 1.76 bits per heavy atom. The van der Waals surface area contributed by atoms with Gasteiger partial charge in [-0.25, -0.2) is 0 Å². The highest BCUT2D eigenvalue weighted by atomic mass is 16.5. The molecule has 108 valence electrons. The number of fused-ring (bicyclic) bond motifs is 2. The monoisotopic (exact) mass is 280 g/mol. The molecule has 0 aromatic heterocycles. The lowest BCUT2D eigenvalue weighted by atomic mass is 9.79. The fraction of sp³-hybridized carbons (Fsp3) is 0.368. The van der Waals surface area contributed by atoms with Crippen molar-refractivity contribution in [1.82, 2.24) is 0 Å². The van der Waals surface area contributed by atoms with E-state index in [0.717, 1.165) is 24.8 Å². The molecule has 0 saturated carbocycles. The van der Waals surface area contributed by atoms with Crippen molar-refractivity contribution in [3.05, 3.63) is 70.3 Å². The third-order valence-corrected chi connectivity index (χ3v) is 4.92. The third kappa shape index (κ3) is 2.39. The molecule has 2 heteroatoms. The second kappa shape index (κ2) is 5.28. The Morgan fingerprint density at radius 1 is 0.952 bits per heavy atom. The minimum absolute atomic E-state index is 0.320. The first-order valence-electron chi connectivity index (χ1n) is 7.75. The molecule has 0 fully saturated rings. The molecular weight excluding hydrogens is 260 g/mol. The van der Waals surface area contributed by atoms with E-state index in [0.29, 0.717) is 19.1 Å². The molecule has 2 aromatic rings. The summed E-state index contributed by atoms with van der Waals surface area (Å²) >= 11 is 0. The normalized spacial score (nSPS) is 21.7. The van der Waals surface area contributed by atoms with Crippen LogP contribution in [-0.4, -0.2) is 5.11 Å². The Labute approximate surface area is 125 Å². The maximum absolute atomic E-state index is 10.8. The maximum atomic E-state index is 10.8. The zero-order chi connectivity index (χ0) is 14.2. The van der Waals surface area contributed by atoms with Gasteiger partial charge in [-0.1, -0.05) is 42.5 Å². The Bertz CT molecular complexity index is 662. The molecule has 0 bridgehead atoms. The average molecular weight is 280 g/mol. The molecule has 0 saturated heterocycles. The van der Waals surface area contributed by atoms with Crippen molar-refractivity contribution in [2.24, 2.45) is 5.92 Å². The molecule has 2 aliphatic rings. The van der Waals surface area contributed by atoms with E-state index in [9.17, 15) is 5.11 Å². The predicted octanol–water partition coefficient (Wildman–Crippen LogP) is 3.56. The summed E-state index contributed by atoms with van der Waals surface area (Å²) < 4.78 is 5.46. The van der Waals surface area contributed by atoms with E-state index >= 15 is 0 Å². The zero-order valence-electron chi connectivity index (χ0n) is 12.1. The lowest BCUT2D eigenvalue weighted by Crippen LogP contribution is -2.21. The summed E-state index contributed by atoms with van der Waals surface area (Å²) in [5.74, 6) is 0.320. The van der Waals surface area contributed by atoms with Crippen LogP contribution in [0, 0.1) is 5.92 Å². The lowest BCUT2D eigenvalue weighted by molar-refractivity contribution is 0.0993. The van der Waals surface area contributed by atoms with Crippen molar-refractivity contribution < 1.29 is 9.84 Å². The van der Waals surface area contributed by atoms with E-state index in [2.05, 4.69) is 42.5 Å². The van der Waals surface area contributed by atoms with Crippen molar-refractivity contribution in [2.45, 2.75) is 38.6 Å². The molecule has 2 aromatic carbocycles. The van der Waals surface area contributed by atoms with Crippen LogP contribution < -0.4 is 0 Å². The van der Waals surface area contributed by atoms with Gasteiger partial charge in [0.25, 0.3) is 0 Å². The summed E-state index contributed by atoms with van der Waals surface area (Å²) in [5.41, 5.74) is 6.40. The minimum Gasteiger partial charge on any atom is -0.388 e. The van der Waals surface area contributed by atoms with Crippen LogP contribution in [0.4, 0.5) is 0 Å². The SMILES string of the molecule is OC(c1ccc2c(c1)COC2)C1CCc2ccccc2C1. The number of benzene rings is 2. The third-order valence-electron chi connectivity index (χ3n) is 4.92. The highest BCUT2D eigenvalue weighted by molar-refractivity contribution is 5.35. The van der Waals surface area contributed by atoms with E-state index in [1.54, 1.807) is 0 Å². The Balaban J connectivity index is 1.57. The Morgan fingerprint density at radius 3 is 2.67 bits per heavy atom. The molecule has 21 heavy (non-hydrogen) atoms. The first-order chi connectivity index (χ1) is 10.3. The molecule has 4 rings (SSSR count). The summed E-state index contributed by atoms with van der Waals surface area (Å²) in [6.07, 6.45) is 2.74. The standard InChI is InChI=1S/C19H20O2/c20-19(16-7-8-17-11-21-12-18(17)10-16)15-6-5-13-3-1-2-4-14(13)9-15/h1-4,7-8,10,15,19-20H,5-6,9,11-12H2. The Hall–Kier alpha value is -1.64. The van der Waals surface area contributed by atoms with Gasteiger partial charge in [0.1, 0.15) is 0 Å². The fourth-order valence-corrected chi connectivity index (χ4v) is 3.64. The van der Waals surface area contributed by atoms with Gasteiger partial charge >= 0.3 is 0 Å². The van der Waals surface area contributed by atoms with Gasteiger partial charge in [-0.3, -0.25) is 0 Å². The van der Waals surface area contributed by atoms with Gasteiger partial charge in [-0.05, 0) is 53.0 Å². The number of hydrogen-bond donors (Lipinski definition) is 1. The molecule has 2 unspecified atom stereocenters. The minimum atomic E-state index is -0.371. The van der Waals surface area contributed by atoms with Crippen LogP contribution in [0.2, 0.25) is 0 Å². The molecule has 0 radical (unpaired) electrons. The number of aliphatic hydroxyl groups is 1. The molecule has 0 spiro atoms. The predicted molar refractivity (Wildman–Crippen MR) is 81.9 cm³/mol. The van der Waals surface area contributed by atoms with Gasteiger partial charge < -0.3 is 9.84 Å². The summed E-state index contributed by atoms with van der Waals surface area (Å²) in [7, 11) is 0. The molecule has 0 amide bonds. The quantitative estimate of drug-likeness (QED) is 0.911. The molecule has 2 nitrogen and oxygen atoms in total. The number of aryl methyl sites for hydroxylation is 1. The van der Waals surface area contributed by atoms with E-state index < -0.39 is 0 Å². The number of ether oxygens (including phenoxy) is 1. The molecule has 1 aliphatic carbocycles. The van der Waals surface area contributed by atoms with Gasteiger partial charge in [-0.2, -0.15) is 0 Å². The number of aliphatic hydroxyl groups excluding tert-OH is 1. The summed E-state index contributed by atoms with van der Waals surface area (Å²) in [6.45, 7) is 1.39. The second-order valence-electron chi connectivity index (χ2n) is 6.24. The van der Waals surface area contributed by atoms with Gasteiger partial charge in [0.2, 0.25) is 0 Å². The highest BCUT2D eigenvalue weighted by Crippen LogP contribution is 2.35. The van der Waals surface area contributed by atoms with Crippen LogP contribution in [0.1, 0.15) is 40.3 Å². The number of rotatable bonds is 2. The van der Waals surface area contributed by atoms with Gasteiger partial charge in [0.15, 0.2) is 0 Å². The summed E-state index contributed by atoms with van der Waals surface area (Å²) in [6, 6.07) is 14.9. The van der Waals surface area contributed by atoms with Crippen molar-refractivity contribution in [1.29, 1.82) is 0 Å². The molecule has 1 heterocycles. The van der Waals surface area contributed by atoms with Crippen LogP contribution in [-0.2, 0) is 30.8 Å². The Kier molecular flexibility index (Phi) is 3.28. The summed E-state index contributed by atoms with van der Waals surface area (Å²) in [4.78, 5) is 0. The zero-order valence-corrected chi connectivity index (χ0v) is 12.1. The van der Waals surface area contributed by atoms with Crippen molar-refractivity contribution in [3.63, 3.8) is 0 Å². The summed E-state index contributed by atoms with van der Waals surface area (Å²) in [5, 5.41) is 10.8. The van der Waals surface area contributed by atoms with Crippen LogP contribution in [0.5, 0.6) is 0 Å². The largest absolute Gasteiger partial charge is 0.388 e. The van der Waals surface area contributed by atoms with Crippen LogP contribution in [0.25, 0.3) is 0 Å². The average Bonchev–Trinajstić information content (AvgIpc) is 3.01. The smallest absolute Gasteiger partial charge is 0.0821 e. The van der Waals surface area contributed by atoms with E-state index in [4.69, 9.17) is 4.74 Å². The fourth-order valence-electron chi connectivity index (χ4n) is 3.64. The molecular formula is C19H20O2. The van der Waals surface area contributed by atoms with Gasteiger partial charge in [0, 0.05) is 0 Å². The van der Waals surface area contributed by atoms with Crippen LogP contribution in [0.15, 0.2) is 42.5 Å². The van der Waals surface area contributed by atoms with Gasteiger partial charge in [-0.15, -0.1) is 0 Å². The van der Waals surface area contributed by atoms with E-state index in [-0.39, 0.29) is 6.10 Å². The van der Waals surface area contributed by atoms with Crippen LogP contribution in [0.3, 0.4) is 0 Å². The van der Waals surface area contributed by atoms with Gasteiger partial charge in [0.05, 0.1) is 19.3 Å². The van der Waals surface area contributed by atoms with Crippen LogP contribution >= 0.6 is 0 Å². The van der Waals surface area contributed by atoms with E-state index in [1.807, 2.05) is 0 Å². The molecule has 1 aliphatic heterocycles. The first kappa shape index (κ1) is 13.1. The second-order valence-corrected chi connectivity index (χ2v) is 6.24. The topological polar surface area (TPSA) is 29.5 Å². The number of hydrogen-bond acceptors (Lipinski definition) is 2. The van der Waals surface area contributed by atoms with E-state index in [1.165, 1.54) is 22.3 Å². The molecule has 2 atom stereocenters. The van der Waals surface area contributed by atoms with Crippen molar-refractivity contribution >= 4 is 0 Å². The highest BCUT2D eigenvalue weighted by Gasteiger charge is 2.26. The first-order valence-corrected chi connectivity index (χ1v) is 7.75. The van der Waals surface area contributed by atoms with Crippen molar-refractivity contribution in [2.75, 3.05) is 0 Å². The molecule has 1 N–H and O–H groups in total. The van der Waals surface area contributed by atoms with Crippen molar-refractivity contribution in [3.8, 4) is 0 Å².